The zero-order valence-electron chi connectivity index (χ0n) is 79.5. The number of nitrogens with one attached hydrogen (secondary N) is 1. The van der Waals surface area contributed by atoms with Crippen molar-refractivity contribution in [2.24, 2.45) is 32.8 Å². The molecule has 8 N–H and O–H groups in total. The first kappa shape index (κ1) is 106. The number of ether oxygens (including phenoxy) is 2. The van der Waals surface area contributed by atoms with Gasteiger partial charge in [0.05, 0.1) is 46.9 Å². The molecule has 0 bridgehead atoms. The van der Waals surface area contributed by atoms with Gasteiger partial charge in [0.15, 0.2) is 0 Å². The fourth-order valence-electron chi connectivity index (χ4n) is 18.5. The molecule has 10 fully saturated rings. The van der Waals surface area contributed by atoms with Gasteiger partial charge in [-0.3, -0.25) is 19.2 Å². The SMILES string of the molecule is C.CN1CCN(CC2(CN)CC2)CC1.CN1CCN(CC2(CNC(=O)c3cc(Br)ccc3N)CC2)CC1.CN1CCN(CC2(Cn3nnc4ccc(-c5ccc(OC(F)(F)F)cc5)cc4c3=O)CC2)CC1.CN1CCN(CC2(Cn3nnc4ccc(-c5ccc(OC(F)(F)F)cc5)cc4c3=O)CC2)CC1.CN1CCN(CC2(Cn3nnc4ccc(Br)cc4c3=O)CC2)CC1.Nc1ccc(Br)cc1C(=O)O. The molecule has 10 aliphatic rings. The van der Waals surface area contributed by atoms with Crippen molar-refractivity contribution in [1.82, 2.24) is 99.3 Å². The molecule has 3 aromatic heterocycles. The third-order valence-electron chi connectivity index (χ3n) is 28.5. The Labute approximate surface area is 837 Å². The molecule has 1 amide bonds. The predicted molar refractivity (Wildman–Crippen MR) is 544 cm³/mol. The smallest absolute Gasteiger partial charge is 0.478 e. The number of carbonyl (C=O) groups is 2. The molecule has 5 saturated carbocycles. The minimum Gasteiger partial charge on any atom is -0.478 e. The van der Waals surface area contributed by atoms with E-state index >= 15 is 0 Å². The Balaban J connectivity index is 0.000000139. The van der Waals surface area contributed by atoms with Crippen LogP contribution in [0, 0.1) is 27.1 Å². The second-order valence-electron chi connectivity index (χ2n) is 40.0. The third kappa shape index (κ3) is 29.8. The minimum absolute atomic E-state index is 0. The number of aromatic carboxylic acids is 1. The highest BCUT2D eigenvalue weighted by Gasteiger charge is 2.49. The van der Waals surface area contributed by atoms with Crippen molar-refractivity contribution in [1.29, 1.82) is 0 Å². The second kappa shape index (κ2) is 46.0. The lowest BCUT2D eigenvalue weighted by Gasteiger charge is -2.34. The quantitative estimate of drug-likeness (QED) is 0.0262. The van der Waals surface area contributed by atoms with E-state index in [0.29, 0.717) is 95.7 Å². The van der Waals surface area contributed by atoms with Crippen LogP contribution < -0.4 is 48.7 Å². The molecule has 5 aliphatic carbocycles. The molecule has 10 aromatic rings. The second-order valence-corrected chi connectivity index (χ2v) is 42.7. The molecule has 8 heterocycles. The average Bonchev–Trinajstić information content (AvgIpc) is 0.917. The lowest BCUT2D eigenvalue weighted by Crippen LogP contribution is -2.47. The zero-order chi connectivity index (χ0) is 98.8. The summed E-state index contributed by atoms with van der Waals surface area (Å²) in [5.41, 5.74) is 23.6. The number of carboxylic acids is 1. The maximum Gasteiger partial charge on any atom is 0.573 e. The number of piperazine rings is 5. The van der Waals surface area contributed by atoms with E-state index in [-0.39, 0.29) is 74.4 Å². The molecular weight excluding hydrogens is 2000 g/mol. The van der Waals surface area contributed by atoms with Gasteiger partial charge < -0.3 is 86.1 Å². The highest BCUT2D eigenvalue weighted by Crippen LogP contribution is 2.51. The number of rotatable bonds is 25. The normalized spacial score (nSPS) is 19.7. The Morgan fingerprint density at radius 3 is 0.943 bits per heavy atom. The van der Waals surface area contributed by atoms with Crippen LogP contribution in [0.5, 0.6) is 11.5 Å². The van der Waals surface area contributed by atoms with Crippen LogP contribution in [-0.2, 0) is 19.6 Å². The van der Waals surface area contributed by atoms with Gasteiger partial charge in [0.2, 0.25) is 0 Å². The number of anilines is 2. The van der Waals surface area contributed by atoms with E-state index in [2.05, 4.69) is 178 Å². The molecule has 7 aromatic carbocycles. The highest BCUT2D eigenvalue weighted by molar-refractivity contribution is 9.11. The first-order valence-electron chi connectivity index (χ1n) is 47.6. The Morgan fingerprint density at radius 2 is 0.643 bits per heavy atom. The van der Waals surface area contributed by atoms with Crippen LogP contribution in [0.4, 0.5) is 37.7 Å². The van der Waals surface area contributed by atoms with E-state index < -0.39 is 18.7 Å². The Kier molecular flexibility index (Phi) is 34.9. The summed E-state index contributed by atoms with van der Waals surface area (Å²) in [6, 6.07) is 37.2. The Morgan fingerprint density at radius 1 is 0.371 bits per heavy atom. The maximum absolute atomic E-state index is 13.3. The molecular formula is C100H130Br3F6N23O8. The fraction of sp³-hybridized carbons (Fsp3) is 0.530. The number of benzene rings is 7. The summed E-state index contributed by atoms with van der Waals surface area (Å²) < 4.78 is 89.3. The van der Waals surface area contributed by atoms with Gasteiger partial charge in [0.25, 0.3) is 22.6 Å². The average molecular weight is 2140 g/mol. The molecule has 140 heavy (non-hydrogen) atoms. The van der Waals surface area contributed by atoms with Crippen LogP contribution in [0.1, 0.15) is 92.4 Å². The van der Waals surface area contributed by atoms with Crippen molar-refractivity contribution in [2.75, 3.05) is 223 Å². The van der Waals surface area contributed by atoms with E-state index in [1.54, 1.807) is 65.3 Å². The molecule has 0 atom stereocenters. The topological polar surface area (TPSA) is 339 Å². The standard InChI is InChI=1S/2C24H26F3N5O2.C17H22BrN5O.C17H25BrN4O.C10H21N3.C7H6BrNO2.CH4/c2*1-30-10-12-31(13-11-30)15-23(8-9-23)16-32-22(33)20-14-18(4-7-21(20)28-29-32)17-2-5-19(6-3-17)34-24(25,26)27;1-21-6-8-22(9-7-21)11-17(4-5-17)12-23-16(24)14-10-13(18)2-3-15(14)19-20-23;1-21-6-8-22(9-7-21)12-17(4-5-17)11-20-16(23)14-10-13(18)2-3-15(14)19;1-12-4-6-13(7-5-12)9-10(8-11)2-3-10;8-4-1-2-6(9)5(3-4)7(10)11;/h2*2-7,14H,8-13,15-16H2,1H3;2-3,10H,4-9,11-12H2,1H3;2-3,10H,4-9,11-12,19H2,1H3,(H,20,23);2-9,11H2,1H3;1-3H,9H2,(H,10,11);1H4. The van der Waals surface area contributed by atoms with Gasteiger partial charge in [-0.2, -0.15) is 0 Å². The van der Waals surface area contributed by atoms with Crippen molar-refractivity contribution >= 4 is 104 Å². The van der Waals surface area contributed by atoms with E-state index in [0.717, 1.165) is 179 Å². The van der Waals surface area contributed by atoms with Crippen molar-refractivity contribution < 1.29 is 50.5 Å². The number of halogens is 9. The van der Waals surface area contributed by atoms with Gasteiger partial charge >= 0.3 is 18.7 Å². The molecule has 0 spiro atoms. The van der Waals surface area contributed by atoms with E-state index in [4.69, 9.17) is 22.3 Å². The summed E-state index contributed by atoms with van der Waals surface area (Å²) in [5.74, 6) is -1.67. The predicted octanol–water partition coefficient (Wildman–Crippen LogP) is 12.5. The molecule has 31 nitrogen and oxygen atoms in total. The summed E-state index contributed by atoms with van der Waals surface area (Å²) in [4.78, 5) is 86.5. The van der Waals surface area contributed by atoms with Gasteiger partial charge in [0, 0.05) is 217 Å². The molecule has 5 aliphatic heterocycles. The molecule has 756 valence electrons. The Hall–Kier alpha value is -9.53. The molecule has 0 radical (unpaired) electrons. The number of fused-ring (bicyclic) bond motifs is 3. The summed E-state index contributed by atoms with van der Waals surface area (Å²) in [7, 11) is 10.8. The van der Waals surface area contributed by atoms with Crippen molar-refractivity contribution in [2.45, 2.75) is 104 Å². The summed E-state index contributed by atoms with van der Waals surface area (Å²) in [6.07, 6.45) is 2.25. The first-order chi connectivity index (χ1) is 66.3. The number of hydrogen-bond acceptors (Lipinski definition) is 26. The lowest BCUT2D eigenvalue weighted by molar-refractivity contribution is -0.275. The van der Waals surface area contributed by atoms with Gasteiger partial charge in [-0.25, -0.2) is 18.8 Å². The van der Waals surface area contributed by atoms with Crippen molar-refractivity contribution in [3.63, 3.8) is 0 Å². The number of alkyl halides is 6. The highest BCUT2D eigenvalue weighted by atomic mass is 79.9. The van der Waals surface area contributed by atoms with Crippen LogP contribution >= 0.6 is 47.8 Å². The summed E-state index contributed by atoms with van der Waals surface area (Å²) >= 11 is 9.97. The number of nitrogen functional groups attached to an aromatic ring is 2. The van der Waals surface area contributed by atoms with Crippen LogP contribution in [0.15, 0.2) is 167 Å². The lowest BCUT2D eigenvalue weighted by atomic mass is 10.0. The van der Waals surface area contributed by atoms with Crippen molar-refractivity contribution in [3.8, 4) is 33.8 Å². The minimum atomic E-state index is -4.74. The van der Waals surface area contributed by atoms with E-state index in [1.165, 1.54) is 135 Å². The number of aromatic nitrogens is 9. The molecule has 40 heteroatoms. The monoisotopic (exact) mass is 2130 g/mol. The number of nitrogens with zero attached hydrogens (tertiary/aromatic N) is 19. The summed E-state index contributed by atoms with van der Waals surface area (Å²) in [5, 5.41) is 38.5. The van der Waals surface area contributed by atoms with E-state index in [9.17, 15) is 50.3 Å². The fourth-order valence-corrected chi connectivity index (χ4v) is 19.6. The van der Waals surface area contributed by atoms with Crippen LogP contribution in [0.2, 0.25) is 0 Å². The largest absolute Gasteiger partial charge is 0.573 e. The Bertz CT molecular complexity index is 5890. The zero-order valence-corrected chi connectivity index (χ0v) is 84.3. The summed E-state index contributed by atoms with van der Waals surface area (Å²) in [6.45, 7) is 31.0. The number of nitrogens with two attached hydrogens (primary N) is 3. The number of amides is 1. The van der Waals surface area contributed by atoms with Gasteiger partial charge in [-0.05, 0) is 237 Å². The number of carbonyl (C=O) groups excluding carboxylic acids is 1. The maximum atomic E-state index is 13.3. The number of carboxylic acid groups (broad SMARTS) is 1. The van der Waals surface area contributed by atoms with Crippen LogP contribution in [-0.4, -0.2) is 336 Å². The molecule has 5 saturated heterocycles. The van der Waals surface area contributed by atoms with Gasteiger partial charge in [-0.1, -0.05) is 107 Å². The van der Waals surface area contributed by atoms with Gasteiger partial charge in [0.1, 0.15) is 28.0 Å². The van der Waals surface area contributed by atoms with Crippen LogP contribution in [0.3, 0.4) is 0 Å². The number of likely N-dealkylation sites (N-methyl/N-ethyl adjacent to an activating group) is 5. The van der Waals surface area contributed by atoms with Gasteiger partial charge in [-0.15, -0.1) is 41.6 Å². The number of hydrogen-bond donors (Lipinski definition) is 5. The van der Waals surface area contributed by atoms with Crippen LogP contribution in [0.25, 0.3) is 55.0 Å². The molecule has 20 rings (SSSR count). The van der Waals surface area contributed by atoms with E-state index in [1.807, 2.05) is 24.3 Å². The molecule has 0 unspecified atom stereocenters. The van der Waals surface area contributed by atoms with Crippen molar-refractivity contribution in [3.05, 3.63) is 195 Å². The first-order valence-corrected chi connectivity index (χ1v) is 50.0. The third-order valence-corrected chi connectivity index (χ3v) is 30.0.